The molecule has 0 bridgehead atoms. The maximum atomic E-state index is 5.91. The number of hydrogen-bond donors (Lipinski definition) is 0. The predicted molar refractivity (Wildman–Crippen MR) is 100 cm³/mol. The average Bonchev–Trinajstić information content (AvgIpc) is 2.56. The van der Waals surface area contributed by atoms with Crippen LogP contribution in [-0.4, -0.2) is 62.3 Å². The van der Waals surface area contributed by atoms with Gasteiger partial charge in [0.25, 0.3) is 0 Å². The first-order valence-electron chi connectivity index (χ1n) is 9.44. The van der Waals surface area contributed by atoms with E-state index in [1.807, 2.05) is 38.1 Å². The Bertz CT molecular complexity index is 457. The molecule has 0 radical (unpaired) electrons. The fourth-order valence-corrected chi connectivity index (χ4v) is 2.97. The molecule has 0 N–H and O–H groups in total. The molecule has 1 heterocycles. The molecule has 136 valence electrons. The number of rotatable bonds is 10. The normalized spacial score (nSPS) is 16.5. The van der Waals surface area contributed by atoms with E-state index in [0.29, 0.717) is 0 Å². The Morgan fingerprint density at radius 2 is 1.58 bits per heavy atom. The van der Waals surface area contributed by atoms with Crippen LogP contribution in [0.3, 0.4) is 0 Å². The number of unbranched alkanes of at least 4 members (excludes halogenated alkanes) is 3. The zero-order chi connectivity index (χ0) is 17.2. The summed E-state index contributed by atoms with van der Waals surface area (Å²) in [5.74, 6) is 1.71. The molecule has 1 saturated heterocycles. The van der Waals surface area contributed by atoms with Gasteiger partial charge in [-0.2, -0.15) is 0 Å². The van der Waals surface area contributed by atoms with Gasteiger partial charge in [0.2, 0.25) is 0 Å². The van der Waals surface area contributed by atoms with Gasteiger partial charge in [-0.05, 0) is 52.4 Å². The highest BCUT2D eigenvalue weighted by Gasteiger charge is 2.12. The van der Waals surface area contributed by atoms with Crippen molar-refractivity contribution in [1.82, 2.24) is 9.80 Å². The van der Waals surface area contributed by atoms with E-state index in [2.05, 4.69) is 16.8 Å². The molecule has 1 aromatic rings. The first-order chi connectivity index (χ1) is 11.6. The Hall–Kier alpha value is -1.26. The van der Waals surface area contributed by atoms with Gasteiger partial charge in [0, 0.05) is 26.2 Å². The van der Waals surface area contributed by atoms with Gasteiger partial charge in [-0.3, -0.25) is 0 Å². The molecule has 4 heteroatoms. The molecule has 0 aliphatic carbocycles. The van der Waals surface area contributed by atoms with Crippen molar-refractivity contribution in [3.63, 3.8) is 0 Å². The van der Waals surface area contributed by atoms with Gasteiger partial charge < -0.3 is 19.3 Å². The average molecular weight is 335 g/mol. The van der Waals surface area contributed by atoms with E-state index in [4.69, 9.17) is 9.47 Å². The lowest BCUT2D eigenvalue weighted by Gasteiger charge is -2.32. The largest absolute Gasteiger partial charge is 0.490 e. The van der Waals surface area contributed by atoms with Gasteiger partial charge in [-0.15, -0.1) is 0 Å². The van der Waals surface area contributed by atoms with E-state index < -0.39 is 0 Å². The second kappa shape index (κ2) is 10.6. The summed E-state index contributed by atoms with van der Waals surface area (Å²) in [6.45, 7) is 11.0. The van der Waals surface area contributed by atoms with E-state index in [-0.39, 0.29) is 6.10 Å². The van der Waals surface area contributed by atoms with E-state index in [0.717, 1.165) is 24.5 Å². The van der Waals surface area contributed by atoms with Gasteiger partial charge in [0.05, 0.1) is 12.7 Å². The summed E-state index contributed by atoms with van der Waals surface area (Å²) in [5.41, 5.74) is 0. The van der Waals surface area contributed by atoms with Crippen molar-refractivity contribution >= 4 is 0 Å². The molecule has 2 rings (SSSR count). The van der Waals surface area contributed by atoms with Crippen molar-refractivity contribution in [2.45, 2.75) is 45.6 Å². The Balaban J connectivity index is 1.54. The maximum absolute atomic E-state index is 5.91. The molecule has 0 unspecified atom stereocenters. The molecule has 0 amide bonds. The van der Waals surface area contributed by atoms with Crippen molar-refractivity contribution < 1.29 is 9.47 Å². The SMILES string of the molecule is CC(C)Oc1ccccc1OCCCCCCN1CCN(C)CC1. The zero-order valence-electron chi connectivity index (χ0n) is 15.7. The minimum Gasteiger partial charge on any atom is -0.490 e. The van der Waals surface area contributed by atoms with Gasteiger partial charge in [-0.25, -0.2) is 0 Å². The molecule has 1 aromatic carbocycles. The number of nitrogens with zero attached hydrogens (tertiary/aromatic N) is 2. The van der Waals surface area contributed by atoms with Crippen molar-refractivity contribution in [2.24, 2.45) is 0 Å². The quantitative estimate of drug-likeness (QED) is 0.610. The van der Waals surface area contributed by atoms with E-state index >= 15 is 0 Å². The summed E-state index contributed by atoms with van der Waals surface area (Å²) in [4.78, 5) is 5.00. The van der Waals surface area contributed by atoms with Crippen LogP contribution in [0.5, 0.6) is 11.5 Å². The van der Waals surface area contributed by atoms with E-state index in [1.54, 1.807) is 0 Å². The molecule has 0 spiro atoms. The highest BCUT2D eigenvalue weighted by molar-refractivity contribution is 5.39. The third-order valence-corrected chi connectivity index (χ3v) is 4.43. The summed E-state index contributed by atoms with van der Waals surface area (Å²) in [6, 6.07) is 7.96. The summed E-state index contributed by atoms with van der Waals surface area (Å²) in [6.07, 6.45) is 5.11. The molecule has 24 heavy (non-hydrogen) atoms. The smallest absolute Gasteiger partial charge is 0.161 e. The topological polar surface area (TPSA) is 24.9 Å². The minimum atomic E-state index is 0.171. The van der Waals surface area contributed by atoms with Crippen molar-refractivity contribution in [1.29, 1.82) is 0 Å². The standard InChI is InChI=1S/C20H34N2O2/c1-18(2)24-20-11-7-6-10-19(20)23-17-9-5-4-8-12-22-15-13-21(3)14-16-22/h6-7,10-11,18H,4-5,8-9,12-17H2,1-3H3. The van der Waals surface area contributed by atoms with E-state index in [9.17, 15) is 0 Å². The van der Waals surface area contributed by atoms with Crippen LogP contribution in [0.1, 0.15) is 39.5 Å². The molecule has 1 fully saturated rings. The van der Waals surface area contributed by atoms with Crippen molar-refractivity contribution in [2.75, 3.05) is 46.4 Å². The van der Waals surface area contributed by atoms with Crippen LogP contribution in [0.4, 0.5) is 0 Å². The van der Waals surface area contributed by atoms with Gasteiger partial charge in [0.15, 0.2) is 11.5 Å². The Kier molecular flexibility index (Phi) is 8.40. The summed E-state index contributed by atoms with van der Waals surface area (Å²) in [7, 11) is 2.21. The van der Waals surface area contributed by atoms with E-state index in [1.165, 1.54) is 52.0 Å². The second-order valence-electron chi connectivity index (χ2n) is 7.02. The Morgan fingerprint density at radius 1 is 0.917 bits per heavy atom. The lowest BCUT2D eigenvalue weighted by Crippen LogP contribution is -2.44. The first-order valence-corrected chi connectivity index (χ1v) is 9.44. The van der Waals surface area contributed by atoms with Crippen LogP contribution in [0, 0.1) is 0 Å². The molecule has 0 saturated carbocycles. The molecular formula is C20H34N2O2. The summed E-state index contributed by atoms with van der Waals surface area (Å²) in [5, 5.41) is 0. The maximum Gasteiger partial charge on any atom is 0.161 e. The Morgan fingerprint density at radius 3 is 2.29 bits per heavy atom. The number of hydrogen-bond acceptors (Lipinski definition) is 4. The highest BCUT2D eigenvalue weighted by atomic mass is 16.5. The van der Waals surface area contributed by atoms with Crippen LogP contribution in [0.15, 0.2) is 24.3 Å². The summed E-state index contributed by atoms with van der Waals surface area (Å²) < 4.78 is 11.7. The lowest BCUT2D eigenvalue weighted by atomic mass is 10.2. The fourth-order valence-electron chi connectivity index (χ4n) is 2.97. The lowest BCUT2D eigenvalue weighted by molar-refractivity contribution is 0.151. The van der Waals surface area contributed by atoms with Crippen LogP contribution >= 0.6 is 0 Å². The second-order valence-corrected chi connectivity index (χ2v) is 7.02. The van der Waals surface area contributed by atoms with Crippen LogP contribution < -0.4 is 9.47 Å². The predicted octanol–water partition coefficient (Wildman–Crippen LogP) is 3.66. The first kappa shape index (κ1) is 19.1. The third kappa shape index (κ3) is 7.10. The number of likely N-dealkylation sites (N-methyl/N-ethyl adjacent to an activating group) is 1. The Labute approximate surface area is 147 Å². The minimum absolute atomic E-state index is 0.171. The molecule has 1 aliphatic heterocycles. The zero-order valence-corrected chi connectivity index (χ0v) is 15.7. The molecule has 0 aromatic heterocycles. The number of piperazine rings is 1. The van der Waals surface area contributed by atoms with Crippen molar-refractivity contribution in [3.8, 4) is 11.5 Å². The van der Waals surface area contributed by atoms with Crippen molar-refractivity contribution in [3.05, 3.63) is 24.3 Å². The van der Waals surface area contributed by atoms with Gasteiger partial charge in [0.1, 0.15) is 0 Å². The summed E-state index contributed by atoms with van der Waals surface area (Å²) >= 11 is 0. The third-order valence-electron chi connectivity index (χ3n) is 4.43. The number of para-hydroxylation sites is 2. The van der Waals surface area contributed by atoms with Gasteiger partial charge >= 0.3 is 0 Å². The molecule has 1 aliphatic rings. The molecule has 4 nitrogen and oxygen atoms in total. The van der Waals surface area contributed by atoms with Gasteiger partial charge in [-0.1, -0.05) is 25.0 Å². The molecular weight excluding hydrogens is 300 g/mol. The highest BCUT2D eigenvalue weighted by Crippen LogP contribution is 2.27. The molecule has 0 atom stereocenters. The number of ether oxygens (including phenoxy) is 2. The fraction of sp³-hybridized carbons (Fsp3) is 0.700. The number of benzene rings is 1. The van der Waals surface area contributed by atoms with Crippen LogP contribution in [-0.2, 0) is 0 Å². The van der Waals surface area contributed by atoms with Crippen LogP contribution in [0.25, 0.3) is 0 Å². The monoisotopic (exact) mass is 334 g/mol. The van der Waals surface area contributed by atoms with Crippen LogP contribution in [0.2, 0.25) is 0 Å².